The molecule has 1 aromatic rings. The van der Waals surface area contributed by atoms with E-state index in [4.69, 9.17) is 0 Å². The standard InChI is InChI=1S/C10H8F3NO2/c1-7-6-9(10(11,12)13)3-2-8(7)4-5-14(15)16/h2-6H,1H3/b5-4+. The SMILES string of the molecule is Cc1cc(C(F)(F)F)ccc1/C=C/[N+](=O)[O-]. The van der Waals surface area contributed by atoms with Crippen LogP contribution in [0.3, 0.4) is 0 Å². The van der Waals surface area contributed by atoms with Crippen molar-refractivity contribution < 1.29 is 18.1 Å². The Hall–Kier alpha value is -1.85. The van der Waals surface area contributed by atoms with Crippen molar-refractivity contribution in [1.29, 1.82) is 0 Å². The molecule has 86 valence electrons. The number of nitrogens with zero attached hydrogens (tertiary/aromatic N) is 1. The predicted molar refractivity (Wildman–Crippen MR) is 52.2 cm³/mol. The fraction of sp³-hybridized carbons (Fsp3) is 0.200. The van der Waals surface area contributed by atoms with Crippen molar-refractivity contribution >= 4 is 6.08 Å². The Kier molecular flexibility index (Phi) is 3.31. The molecule has 6 heteroatoms. The maximum Gasteiger partial charge on any atom is 0.416 e. The summed E-state index contributed by atoms with van der Waals surface area (Å²) in [6, 6.07) is 3.06. The highest BCUT2D eigenvalue weighted by atomic mass is 19.4. The van der Waals surface area contributed by atoms with Gasteiger partial charge in [0.2, 0.25) is 6.20 Å². The second-order valence-corrected chi connectivity index (χ2v) is 3.17. The van der Waals surface area contributed by atoms with E-state index >= 15 is 0 Å². The van der Waals surface area contributed by atoms with Crippen LogP contribution in [0.1, 0.15) is 16.7 Å². The summed E-state index contributed by atoms with van der Waals surface area (Å²) in [6.45, 7) is 1.47. The van der Waals surface area contributed by atoms with Crippen LogP contribution in [0, 0.1) is 17.0 Å². The van der Waals surface area contributed by atoms with Gasteiger partial charge in [0.1, 0.15) is 0 Å². The van der Waals surface area contributed by atoms with Crippen LogP contribution in [0.2, 0.25) is 0 Å². The van der Waals surface area contributed by atoms with Crippen LogP contribution < -0.4 is 0 Å². The van der Waals surface area contributed by atoms with Gasteiger partial charge >= 0.3 is 6.18 Å². The summed E-state index contributed by atoms with van der Waals surface area (Å²) in [5, 5.41) is 10.0. The first-order valence-corrected chi connectivity index (χ1v) is 4.30. The molecular formula is C10H8F3NO2. The number of nitro groups is 1. The quantitative estimate of drug-likeness (QED) is 0.579. The molecule has 16 heavy (non-hydrogen) atoms. The Morgan fingerprint density at radius 2 is 2.00 bits per heavy atom. The molecule has 0 spiro atoms. The molecule has 0 N–H and O–H groups in total. The number of rotatable bonds is 2. The molecule has 0 aliphatic heterocycles. The molecular weight excluding hydrogens is 223 g/mol. The number of benzene rings is 1. The summed E-state index contributed by atoms with van der Waals surface area (Å²) < 4.78 is 36.9. The first-order chi connectivity index (χ1) is 7.30. The van der Waals surface area contributed by atoms with Crippen molar-refractivity contribution in [2.45, 2.75) is 13.1 Å². The van der Waals surface area contributed by atoms with Crippen molar-refractivity contribution in [2.75, 3.05) is 0 Å². The third-order valence-corrected chi connectivity index (χ3v) is 1.97. The predicted octanol–water partition coefficient (Wildman–Crippen LogP) is 3.26. The molecule has 0 amide bonds. The van der Waals surface area contributed by atoms with Gasteiger partial charge in [0.25, 0.3) is 0 Å². The molecule has 0 bridgehead atoms. The van der Waals surface area contributed by atoms with Crippen LogP contribution >= 0.6 is 0 Å². The highest BCUT2D eigenvalue weighted by molar-refractivity contribution is 5.53. The Morgan fingerprint density at radius 1 is 1.38 bits per heavy atom. The van der Waals surface area contributed by atoms with Crippen molar-refractivity contribution in [3.63, 3.8) is 0 Å². The summed E-state index contributed by atoms with van der Waals surface area (Å²) in [7, 11) is 0. The van der Waals surface area contributed by atoms with Crippen molar-refractivity contribution in [3.8, 4) is 0 Å². The second-order valence-electron chi connectivity index (χ2n) is 3.17. The molecule has 0 aliphatic carbocycles. The zero-order valence-electron chi connectivity index (χ0n) is 8.28. The van der Waals surface area contributed by atoms with Gasteiger partial charge in [-0.05, 0) is 30.2 Å². The lowest BCUT2D eigenvalue weighted by Crippen LogP contribution is -2.05. The van der Waals surface area contributed by atoms with Gasteiger partial charge in [-0.3, -0.25) is 10.1 Å². The van der Waals surface area contributed by atoms with Gasteiger partial charge < -0.3 is 0 Å². The van der Waals surface area contributed by atoms with Gasteiger partial charge in [0, 0.05) is 6.08 Å². The van der Waals surface area contributed by atoms with Gasteiger partial charge in [-0.15, -0.1) is 0 Å². The molecule has 0 fully saturated rings. The molecule has 1 aromatic carbocycles. The third kappa shape index (κ3) is 3.08. The minimum Gasteiger partial charge on any atom is -0.259 e. The maximum absolute atomic E-state index is 12.3. The largest absolute Gasteiger partial charge is 0.416 e. The Labute approximate surface area is 89.4 Å². The van der Waals surface area contributed by atoms with Gasteiger partial charge in [0.05, 0.1) is 10.5 Å². The monoisotopic (exact) mass is 231 g/mol. The Bertz CT molecular complexity index is 438. The van der Waals surface area contributed by atoms with Crippen LogP contribution in [0.5, 0.6) is 0 Å². The topological polar surface area (TPSA) is 43.1 Å². The van der Waals surface area contributed by atoms with E-state index in [1.807, 2.05) is 0 Å². The number of hydrogen-bond donors (Lipinski definition) is 0. The zero-order valence-corrected chi connectivity index (χ0v) is 8.28. The molecule has 0 saturated carbocycles. The van der Waals surface area contributed by atoms with E-state index in [1.54, 1.807) is 0 Å². The smallest absolute Gasteiger partial charge is 0.259 e. The lowest BCUT2D eigenvalue weighted by molar-refractivity contribution is -0.400. The molecule has 0 unspecified atom stereocenters. The van der Waals surface area contributed by atoms with Gasteiger partial charge in [0.15, 0.2) is 0 Å². The highest BCUT2D eigenvalue weighted by Gasteiger charge is 2.30. The summed E-state index contributed by atoms with van der Waals surface area (Å²) >= 11 is 0. The van der Waals surface area contributed by atoms with E-state index in [0.717, 1.165) is 18.2 Å². The van der Waals surface area contributed by atoms with Crippen molar-refractivity contribution in [3.05, 3.63) is 51.2 Å². The number of halogens is 3. The first kappa shape index (κ1) is 12.2. The highest BCUT2D eigenvalue weighted by Crippen LogP contribution is 2.30. The van der Waals surface area contributed by atoms with E-state index < -0.39 is 16.7 Å². The lowest BCUT2D eigenvalue weighted by Gasteiger charge is -2.08. The molecule has 0 radical (unpaired) electrons. The minimum atomic E-state index is -4.39. The van der Waals surface area contributed by atoms with E-state index in [2.05, 4.69) is 0 Å². The fourth-order valence-corrected chi connectivity index (χ4v) is 1.18. The minimum absolute atomic E-state index is 0.341. The number of alkyl halides is 3. The normalized spacial score (nSPS) is 12.0. The maximum atomic E-state index is 12.3. The average molecular weight is 231 g/mol. The average Bonchev–Trinajstić information content (AvgIpc) is 2.14. The van der Waals surface area contributed by atoms with E-state index in [1.165, 1.54) is 13.0 Å². The number of hydrogen-bond acceptors (Lipinski definition) is 2. The van der Waals surface area contributed by atoms with E-state index in [0.29, 0.717) is 17.3 Å². The van der Waals surface area contributed by atoms with Gasteiger partial charge in [-0.2, -0.15) is 13.2 Å². The van der Waals surface area contributed by atoms with Crippen molar-refractivity contribution in [1.82, 2.24) is 0 Å². The van der Waals surface area contributed by atoms with Crippen LogP contribution in [-0.2, 0) is 6.18 Å². The molecule has 0 heterocycles. The zero-order chi connectivity index (χ0) is 12.3. The molecule has 0 atom stereocenters. The Balaban J connectivity index is 3.05. The van der Waals surface area contributed by atoms with Crippen LogP contribution in [0.25, 0.3) is 6.08 Å². The summed E-state index contributed by atoms with van der Waals surface area (Å²) in [4.78, 5) is 9.38. The van der Waals surface area contributed by atoms with Crippen molar-refractivity contribution in [2.24, 2.45) is 0 Å². The lowest BCUT2D eigenvalue weighted by atomic mass is 10.0. The molecule has 1 rings (SSSR count). The van der Waals surface area contributed by atoms with E-state index in [9.17, 15) is 23.3 Å². The number of aryl methyl sites for hydroxylation is 1. The van der Waals surface area contributed by atoms with Crippen LogP contribution in [0.4, 0.5) is 13.2 Å². The Morgan fingerprint density at radius 3 is 2.44 bits per heavy atom. The summed E-state index contributed by atoms with van der Waals surface area (Å²) in [5.41, 5.74) is -0.0270. The molecule has 0 aliphatic rings. The van der Waals surface area contributed by atoms with Crippen LogP contribution in [0.15, 0.2) is 24.4 Å². The van der Waals surface area contributed by atoms with Gasteiger partial charge in [-0.25, -0.2) is 0 Å². The molecule has 0 aromatic heterocycles. The third-order valence-electron chi connectivity index (χ3n) is 1.97. The summed E-state index contributed by atoms with van der Waals surface area (Å²) in [5.74, 6) is 0. The van der Waals surface area contributed by atoms with E-state index in [-0.39, 0.29) is 0 Å². The second kappa shape index (κ2) is 4.34. The summed E-state index contributed by atoms with van der Waals surface area (Å²) in [6.07, 6.45) is -2.54. The molecule has 3 nitrogen and oxygen atoms in total. The molecule has 0 saturated heterocycles. The first-order valence-electron chi connectivity index (χ1n) is 4.30. The van der Waals surface area contributed by atoms with Gasteiger partial charge in [-0.1, -0.05) is 6.07 Å². The fourth-order valence-electron chi connectivity index (χ4n) is 1.18. The van der Waals surface area contributed by atoms with Crippen LogP contribution in [-0.4, -0.2) is 4.92 Å².